The normalized spacial score (nSPS) is 11.5. The molecule has 0 atom stereocenters. The number of allylic oxidation sites excluding steroid dienone is 4. The number of rotatable bonds is 6. The molecule has 0 amide bonds. The Morgan fingerprint density at radius 2 is 0.982 bits per heavy atom. The molecule has 4 aromatic carbocycles. The minimum absolute atomic E-state index is 0. The van der Waals surface area contributed by atoms with Gasteiger partial charge in [-0.3, -0.25) is 9.59 Å². The van der Waals surface area contributed by atoms with Crippen LogP contribution in [0.3, 0.4) is 0 Å². The Kier molecular flexibility index (Phi) is 16.1. The number of benzene rings is 4. The van der Waals surface area contributed by atoms with Crippen LogP contribution in [0.15, 0.2) is 113 Å². The summed E-state index contributed by atoms with van der Waals surface area (Å²) in [5, 5.41) is 23.4. The fraction of sp³-hybridized carbons (Fsp3) is 0.217. The summed E-state index contributed by atoms with van der Waals surface area (Å²) in [6.45, 7) is 14.5. The van der Waals surface area contributed by atoms with Crippen molar-refractivity contribution in [1.82, 2.24) is 9.97 Å². The molecule has 0 aliphatic rings. The Morgan fingerprint density at radius 1 is 0.600 bits per heavy atom. The molecule has 3 aromatic heterocycles. The van der Waals surface area contributed by atoms with E-state index in [1.54, 1.807) is 0 Å². The Bertz CT molecular complexity index is 2350. The fourth-order valence-electron chi connectivity index (χ4n) is 5.99. The molecule has 0 unspecified atom stereocenters. The van der Waals surface area contributed by atoms with Gasteiger partial charge in [0, 0.05) is 77.8 Å². The van der Waals surface area contributed by atoms with Crippen molar-refractivity contribution in [1.29, 1.82) is 0 Å². The molecule has 0 saturated carbocycles. The fourth-order valence-corrected chi connectivity index (χ4v) is 5.99. The van der Waals surface area contributed by atoms with E-state index in [1.165, 1.54) is 51.0 Å². The number of aromatic nitrogens is 2. The first-order valence-corrected chi connectivity index (χ1v) is 17.5. The molecule has 7 rings (SSSR count). The summed E-state index contributed by atoms with van der Waals surface area (Å²) in [5.41, 5.74) is 7.60. The summed E-state index contributed by atoms with van der Waals surface area (Å²) in [4.78, 5) is 29.7. The first-order chi connectivity index (χ1) is 25.2. The van der Waals surface area contributed by atoms with Crippen molar-refractivity contribution in [2.75, 3.05) is 0 Å². The van der Waals surface area contributed by atoms with Gasteiger partial charge in [0.1, 0.15) is 0 Å². The van der Waals surface area contributed by atoms with E-state index in [-0.39, 0.29) is 65.2 Å². The number of pyridine rings is 2. The Labute approximate surface area is 351 Å². The molecule has 55 heavy (non-hydrogen) atoms. The van der Waals surface area contributed by atoms with E-state index in [1.807, 2.05) is 24.5 Å². The molecule has 0 aliphatic carbocycles. The van der Waals surface area contributed by atoms with Gasteiger partial charge in [0.25, 0.3) is 0 Å². The molecule has 0 saturated heterocycles. The molecule has 0 aliphatic heterocycles. The average Bonchev–Trinajstić information content (AvgIpc) is 3.49. The van der Waals surface area contributed by atoms with Crippen LogP contribution in [0.2, 0.25) is 0 Å². The van der Waals surface area contributed by atoms with Crippen molar-refractivity contribution >= 4 is 55.0 Å². The number of hydrogen-bond acceptors (Lipinski definition) is 7. The smallest absolute Gasteiger partial charge is 0.155 e. The van der Waals surface area contributed by atoms with E-state index in [2.05, 4.69) is 100 Å². The molecular weight excluding hydrogens is 1050 g/mol. The molecule has 2 N–H and O–H groups in total. The second-order valence-corrected chi connectivity index (χ2v) is 13.7. The van der Waals surface area contributed by atoms with Crippen LogP contribution in [0.4, 0.5) is 0 Å². The largest absolute Gasteiger partial charge is 0.545 e. The van der Waals surface area contributed by atoms with E-state index in [0.29, 0.717) is 11.8 Å². The molecule has 9 heteroatoms. The molecule has 7 aromatic rings. The Hall–Kier alpha value is -4.70. The van der Waals surface area contributed by atoms with Gasteiger partial charge in [0.2, 0.25) is 0 Å². The summed E-state index contributed by atoms with van der Waals surface area (Å²) in [7, 11) is 0. The van der Waals surface area contributed by atoms with Gasteiger partial charge in [-0.1, -0.05) is 86.0 Å². The van der Waals surface area contributed by atoms with Gasteiger partial charge < -0.3 is 24.6 Å². The van der Waals surface area contributed by atoms with Crippen LogP contribution < -0.4 is 0 Å². The van der Waals surface area contributed by atoms with Gasteiger partial charge in [-0.05, 0) is 95.7 Å². The van der Waals surface area contributed by atoms with Crippen molar-refractivity contribution in [3.05, 3.63) is 132 Å². The summed E-state index contributed by atoms with van der Waals surface area (Å²) in [5.74, 6) is 0.833. The first kappa shape index (κ1) is 44.7. The zero-order chi connectivity index (χ0) is 38.4. The van der Waals surface area contributed by atoms with Gasteiger partial charge in [0.05, 0.1) is 11.5 Å². The van der Waals surface area contributed by atoms with E-state index >= 15 is 0 Å². The quantitative estimate of drug-likeness (QED) is 0.0969. The topological polar surface area (TPSA) is 114 Å². The molecular formula is C46H44N2O5Pt2-2. The maximum absolute atomic E-state index is 10.0. The number of carbonyl (C=O) groups excluding carboxylic acids is 2. The molecule has 0 fully saturated rings. The Balaban J connectivity index is 0.000000436. The monoisotopic (exact) mass is 1090 g/mol. The van der Waals surface area contributed by atoms with Crippen molar-refractivity contribution in [2.45, 2.75) is 67.2 Å². The van der Waals surface area contributed by atoms with Gasteiger partial charge in [-0.15, -0.1) is 36.4 Å². The van der Waals surface area contributed by atoms with Gasteiger partial charge in [-0.25, -0.2) is 0 Å². The zero-order valence-corrected chi connectivity index (χ0v) is 36.6. The van der Waals surface area contributed by atoms with Crippen LogP contribution in [0.5, 0.6) is 0 Å². The van der Waals surface area contributed by atoms with Crippen LogP contribution in [-0.2, 0) is 51.7 Å². The maximum Gasteiger partial charge on any atom is 0.155 e. The number of ketones is 2. The number of aliphatic hydroxyl groups is 2. The predicted molar refractivity (Wildman–Crippen MR) is 215 cm³/mol. The first-order valence-electron chi connectivity index (χ1n) is 17.5. The third kappa shape index (κ3) is 11.2. The number of fused-ring (bicyclic) bond motifs is 5. The van der Waals surface area contributed by atoms with E-state index in [4.69, 9.17) is 24.6 Å². The van der Waals surface area contributed by atoms with Crippen molar-refractivity contribution < 1.29 is 66.3 Å². The van der Waals surface area contributed by atoms with Crippen LogP contribution in [0.1, 0.15) is 78.4 Å². The van der Waals surface area contributed by atoms with E-state index in [0.717, 1.165) is 66.0 Å². The molecule has 290 valence electrons. The minimum atomic E-state index is -0.125. The van der Waals surface area contributed by atoms with Gasteiger partial charge in [0.15, 0.2) is 11.6 Å². The van der Waals surface area contributed by atoms with Gasteiger partial charge in [-0.2, -0.15) is 0 Å². The van der Waals surface area contributed by atoms with Crippen molar-refractivity contribution in [3.8, 4) is 22.5 Å². The average molecular weight is 1100 g/mol. The number of furan rings is 1. The molecule has 7 nitrogen and oxygen atoms in total. The van der Waals surface area contributed by atoms with Crippen LogP contribution in [0.25, 0.3) is 66.0 Å². The maximum atomic E-state index is 10.0. The number of hydrogen-bond donors (Lipinski definition) is 2. The zero-order valence-electron chi connectivity index (χ0n) is 32.0. The van der Waals surface area contributed by atoms with Crippen LogP contribution in [-0.4, -0.2) is 31.7 Å². The molecule has 3 heterocycles. The SMILES string of the molecule is CC(=O)/C=C(/C)O.CC(=O)/C=C(/C)O.CC(C)c1ccc2cc(-c3[c-]ccc4c3oc3c(-c5cc6ccc(C(C)C)cc6cn5)[c-]ccc34)ncc2c1.[Pt].[Pt]. The van der Waals surface area contributed by atoms with Crippen molar-refractivity contribution in [2.24, 2.45) is 0 Å². The molecule has 0 radical (unpaired) electrons. The minimum Gasteiger partial charge on any atom is -0.545 e. The third-order valence-electron chi connectivity index (χ3n) is 8.55. The standard InChI is InChI=1S/C36H28N2O.2C5H8O2.2Pt/c1-21(2)23-11-13-25-17-33(37-19-27(25)15-23)31-9-5-7-29-30-8-6-10-32(36(30)39-35(29)31)34-18-26-14-12-24(22(3)4)16-28(26)20-38-34;2*1-4(6)3-5(2)7;;/h5-8,11-22H,1-4H3;2*3,6H,1-2H3;;/q-2;;;;/b;2*4-3-;;. The predicted octanol–water partition coefficient (Wildman–Crippen LogP) is 11.9. The number of carbonyl (C=O) groups is 2. The van der Waals surface area contributed by atoms with E-state index < -0.39 is 0 Å². The van der Waals surface area contributed by atoms with Crippen LogP contribution >= 0.6 is 0 Å². The second-order valence-electron chi connectivity index (χ2n) is 13.7. The second kappa shape index (κ2) is 19.8. The Morgan fingerprint density at radius 3 is 1.29 bits per heavy atom. The van der Waals surface area contributed by atoms with Crippen LogP contribution in [0, 0.1) is 12.1 Å². The summed E-state index contributed by atoms with van der Waals surface area (Å²) in [6, 6.07) is 32.3. The summed E-state index contributed by atoms with van der Waals surface area (Å²) in [6.07, 6.45) is 6.24. The molecule has 0 bridgehead atoms. The molecule has 0 spiro atoms. The van der Waals surface area contributed by atoms with Gasteiger partial charge >= 0.3 is 0 Å². The summed E-state index contributed by atoms with van der Waals surface area (Å²) < 4.78 is 6.61. The van der Waals surface area contributed by atoms with E-state index in [9.17, 15) is 9.59 Å². The number of aliphatic hydroxyl groups excluding tert-OH is 2. The number of nitrogens with zero attached hydrogens (tertiary/aromatic N) is 2. The summed E-state index contributed by atoms with van der Waals surface area (Å²) >= 11 is 0. The van der Waals surface area contributed by atoms with Crippen molar-refractivity contribution in [3.63, 3.8) is 0 Å². The third-order valence-corrected chi connectivity index (χ3v) is 8.55.